The van der Waals surface area contributed by atoms with Gasteiger partial charge in [-0.3, -0.25) is 4.98 Å². The summed E-state index contributed by atoms with van der Waals surface area (Å²) >= 11 is 0. The van der Waals surface area contributed by atoms with E-state index >= 15 is 0 Å². The van der Waals surface area contributed by atoms with Crippen molar-refractivity contribution in [2.24, 2.45) is 5.92 Å². The molecule has 3 unspecified atom stereocenters. The average Bonchev–Trinajstić information content (AvgIpc) is 2.37. The third-order valence-corrected chi connectivity index (χ3v) is 4.00. The summed E-state index contributed by atoms with van der Waals surface area (Å²) < 4.78 is 12.8. The minimum Gasteiger partial charge on any atom is -0.389 e. The third kappa shape index (κ3) is 3.98. The lowest BCUT2D eigenvalue weighted by Gasteiger charge is -2.36. The minimum absolute atomic E-state index is 0.0156. The van der Waals surface area contributed by atoms with Crippen molar-refractivity contribution >= 4 is 0 Å². The Labute approximate surface area is 114 Å². The van der Waals surface area contributed by atoms with Gasteiger partial charge in [-0.15, -0.1) is 0 Å². The molecule has 1 aromatic heterocycles. The molecule has 3 nitrogen and oxygen atoms in total. The summed E-state index contributed by atoms with van der Waals surface area (Å²) in [5, 5.41) is 13.9. The first kappa shape index (κ1) is 14.4. The van der Waals surface area contributed by atoms with Crippen LogP contribution in [-0.4, -0.2) is 22.2 Å². The summed E-state index contributed by atoms with van der Waals surface area (Å²) in [5.41, 5.74) is 0.195. The molecule has 0 aliphatic heterocycles. The Morgan fingerprint density at radius 1 is 1.58 bits per heavy atom. The molecule has 4 heteroatoms. The SMILES string of the molecule is CC1CCCC(O)(CNC(C)c2ccc(F)cn2)C1. The van der Waals surface area contributed by atoms with Crippen molar-refractivity contribution in [3.63, 3.8) is 0 Å². The molecule has 1 aliphatic carbocycles. The summed E-state index contributed by atoms with van der Waals surface area (Å²) in [6.07, 6.45) is 5.22. The van der Waals surface area contributed by atoms with Crippen LogP contribution < -0.4 is 5.32 Å². The summed E-state index contributed by atoms with van der Waals surface area (Å²) in [5.74, 6) is 0.260. The Kier molecular flexibility index (Phi) is 4.53. The number of nitrogens with zero attached hydrogens (tertiary/aromatic N) is 1. The molecule has 106 valence electrons. The van der Waals surface area contributed by atoms with Gasteiger partial charge in [-0.2, -0.15) is 0 Å². The number of nitrogens with one attached hydrogen (secondary N) is 1. The van der Waals surface area contributed by atoms with E-state index in [-0.39, 0.29) is 11.9 Å². The number of halogens is 1. The monoisotopic (exact) mass is 266 g/mol. The van der Waals surface area contributed by atoms with Crippen molar-refractivity contribution < 1.29 is 9.50 Å². The van der Waals surface area contributed by atoms with Gasteiger partial charge in [0.1, 0.15) is 5.82 Å². The first-order valence-electron chi connectivity index (χ1n) is 7.06. The fourth-order valence-electron chi connectivity index (χ4n) is 2.88. The Hall–Kier alpha value is -1.00. The van der Waals surface area contributed by atoms with Gasteiger partial charge in [-0.25, -0.2) is 4.39 Å². The third-order valence-electron chi connectivity index (χ3n) is 4.00. The lowest BCUT2D eigenvalue weighted by atomic mass is 9.79. The predicted octanol–water partition coefficient (Wildman–Crippen LogP) is 2.81. The molecule has 19 heavy (non-hydrogen) atoms. The second-order valence-electron chi connectivity index (χ2n) is 5.93. The molecule has 3 atom stereocenters. The molecular formula is C15H23FN2O. The van der Waals surface area contributed by atoms with E-state index in [1.807, 2.05) is 6.92 Å². The van der Waals surface area contributed by atoms with E-state index in [1.54, 1.807) is 6.07 Å². The van der Waals surface area contributed by atoms with Crippen LogP contribution in [0, 0.1) is 11.7 Å². The van der Waals surface area contributed by atoms with Crippen LogP contribution in [0.1, 0.15) is 51.3 Å². The quantitative estimate of drug-likeness (QED) is 0.881. The Morgan fingerprint density at radius 2 is 2.37 bits per heavy atom. The molecule has 1 saturated carbocycles. The van der Waals surface area contributed by atoms with Gasteiger partial charge in [0.15, 0.2) is 0 Å². The number of aromatic nitrogens is 1. The summed E-state index contributed by atoms with van der Waals surface area (Å²) in [4.78, 5) is 4.06. The van der Waals surface area contributed by atoms with E-state index in [1.165, 1.54) is 18.7 Å². The Morgan fingerprint density at radius 3 is 3.00 bits per heavy atom. The Balaban J connectivity index is 1.89. The van der Waals surface area contributed by atoms with Gasteiger partial charge < -0.3 is 10.4 Å². The zero-order chi connectivity index (χ0) is 13.9. The largest absolute Gasteiger partial charge is 0.389 e. The standard InChI is InChI=1S/C15H23FN2O/c1-11-4-3-7-15(19,8-11)10-18-12(2)14-6-5-13(16)9-17-14/h5-6,9,11-12,18-19H,3-4,7-8,10H2,1-2H3. The van der Waals surface area contributed by atoms with Gasteiger partial charge in [0.2, 0.25) is 0 Å². The maximum atomic E-state index is 12.8. The summed E-state index contributed by atoms with van der Waals surface area (Å²) in [6, 6.07) is 3.11. The topological polar surface area (TPSA) is 45.1 Å². The number of hydrogen-bond acceptors (Lipinski definition) is 3. The summed E-state index contributed by atoms with van der Waals surface area (Å²) in [6.45, 7) is 4.74. The molecule has 1 aromatic rings. The molecule has 0 saturated heterocycles. The number of rotatable bonds is 4. The zero-order valence-corrected chi connectivity index (χ0v) is 11.7. The average molecular weight is 266 g/mol. The van der Waals surface area contributed by atoms with E-state index in [0.717, 1.165) is 25.0 Å². The smallest absolute Gasteiger partial charge is 0.141 e. The maximum absolute atomic E-state index is 12.8. The van der Waals surface area contributed by atoms with E-state index in [2.05, 4.69) is 17.2 Å². The lowest BCUT2D eigenvalue weighted by molar-refractivity contribution is -0.0135. The van der Waals surface area contributed by atoms with Gasteiger partial charge in [-0.05, 0) is 37.8 Å². The fraction of sp³-hybridized carbons (Fsp3) is 0.667. The van der Waals surface area contributed by atoms with E-state index in [4.69, 9.17) is 0 Å². The number of pyridine rings is 1. The van der Waals surface area contributed by atoms with Crippen LogP contribution in [0.25, 0.3) is 0 Å². The first-order valence-corrected chi connectivity index (χ1v) is 7.06. The molecule has 1 aliphatic rings. The molecular weight excluding hydrogens is 243 g/mol. The van der Waals surface area contributed by atoms with Crippen LogP contribution in [0.5, 0.6) is 0 Å². The second kappa shape index (κ2) is 5.97. The van der Waals surface area contributed by atoms with Gasteiger partial charge in [-0.1, -0.05) is 19.8 Å². The van der Waals surface area contributed by atoms with Crippen LogP contribution in [0.15, 0.2) is 18.3 Å². The molecule has 1 fully saturated rings. The highest BCUT2D eigenvalue weighted by Crippen LogP contribution is 2.32. The van der Waals surface area contributed by atoms with E-state index in [9.17, 15) is 9.50 Å². The predicted molar refractivity (Wildman–Crippen MR) is 73.2 cm³/mol. The van der Waals surface area contributed by atoms with E-state index < -0.39 is 5.60 Å². The lowest BCUT2D eigenvalue weighted by Crippen LogP contribution is -2.44. The summed E-state index contributed by atoms with van der Waals surface area (Å²) in [7, 11) is 0. The number of aliphatic hydroxyl groups is 1. The molecule has 0 aromatic carbocycles. The molecule has 0 radical (unpaired) electrons. The van der Waals surface area contributed by atoms with Crippen molar-refractivity contribution in [3.05, 3.63) is 29.8 Å². The highest BCUT2D eigenvalue weighted by molar-refractivity contribution is 5.09. The Bertz CT molecular complexity index is 409. The molecule has 2 rings (SSSR count). The van der Waals surface area contributed by atoms with Crippen molar-refractivity contribution in [2.45, 2.75) is 51.2 Å². The van der Waals surface area contributed by atoms with Gasteiger partial charge in [0.05, 0.1) is 17.5 Å². The van der Waals surface area contributed by atoms with Crippen molar-refractivity contribution in [1.29, 1.82) is 0 Å². The van der Waals surface area contributed by atoms with Gasteiger partial charge in [0, 0.05) is 12.6 Å². The van der Waals surface area contributed by atoms with Crippen LogP contribution >= 0.6 is 0 Å². The van der Waals surface area contributed by atoms with Crippen LogP contribution in [-0.2, 0) is 0 Å². The highest BCUT2D eigenvalue weighted by atomic mass is 19.1. The second-order valence-corrected chi connectivity index (χ2v) is 5.93. The first-order chi connectivity index (χ1) is 8.98. The van der Waals surface area contributed by atoms with Gasteiger partial charge >= 0.3 is 0 Å². The molecule has 0 spiro atoms. The van der Waals surface area contributed by atoms with Crippen LogP contribution in [0.3, 0.4) is 0 Å². The normalized spacial score (nSPS) is 29.2. The number of hydrogen-bond donors (Lipinski definition) is 2. The van der Waals surface area contributed by atoms with Crippen molar-refractivity contribution in [3.8, 4) is 0 Å². The molecule has 1 heterocycles. The molecule has 0 bridgehead atoms. The van der Waals surface area contributed by atoms with Gasteiger partial charge in [0.25, 0.3) is 0 Å². The van der Waals surface area contributed by atoms with Crippen molar-refractivity contribution in [1.82, 2.24) is 10.3 Å². The fourth-order valence-corrected chi connectivity index (χ4v) is 2.88. The molecule has 0 amide bonds. The molecule has 2 N–H and O–H groups in total. The minimum atomic E-state index is -0.605. The zero-order valence-electron chi connectivity index (χ0n) is 11.7. The van der Waals surface area contributed by atoms with Crippen LogP contribution in [0.2, 0.25) is 0 Å². The maximum Gasteiger partial charge on any atom is 0.141 e. The van der Waals surface area contributed by atoms with E-state index in [0.29, 0.717) is 12.5 Å². The highest BCUT2D eigenvalue weighted by Gasteiger charge is 2.32. The van der Waals surface area contributed by atoms with Crippen LogP contribution in [0.4, 0.5) is 4.39 Å². The van der Waals surface area contributed by atoms with Crippen molar-refractivity contribution in [2.75, 3.05) is 6.54 Å².